The molecule has 80 valence electrons. The molecule has 1 aliphatic carbocycles. The van der Waals surface area contributed by atoms with Crippen LogP contribution in [-0.4, -0.2) is 25.0 Å². The molecule has 0 N–H and O–H groups in total. The maximum atomic E-state index is 2.47. The van der Waals surface area contributed by atoms with Gasteiger partial charge in [-0.15, -0.1) is 0 Å². The molecule has 2 unspecified atom stereocenters. The first-order chi connectivity index (χ1) is 6.27. The molecule has 0 spiro atoms. The molecular formula is C12H27N. The first-order valence-electron chi connectivity index (χ1n) is 5.96. The van der Waals surface area contributed by atoms with Gasteiger partial charge in [0, 0.05) is 7.97 Å². The lowest BCUT2D eigenvalue weighted by Crippen LogP contribution is -2.31. The van der Waals surface area contributed by atoms with Crippen LogP contribution in [0.4, 0.5) is 0 Å². The van der Waals surface area contributed by atoms with Crippen molar-refractivity contribution in [1.29, 1.82) is 0 Å². The second-order valence-corrected chi connectivity index (χ2v) is 4.57. The number of rotatable bonds is 4. The first-order valence-corrected chi connectivity index (χ1v) is 5.96. The van der Waals surface area contributed by atoms with E-state index >= 15 is 0 Å². The molecule has 1 fully saturated rings. The third kappa shape index (κ3) is 3.30. The Bertz CT molecular complexity index is 138. The Labute approximate surface area is 85.0 Å². The van der Waals surface area contributed by atoms with Crippen LogP contribution < -0.4 is 0 Å². The van der Waals surface area contributed by atoms with E-state index in [1.807, 2.05) is 0 Å². The van der Waals surface area contributed by atoms with Crippen molar-refractivity contribution in [2.24, 2.45) is 11.8 Å². The topological polar surface area (TPSA) is 3.24 Å². The van der Waals surface area contributed by atoms with Crippen LogP contribution in [0.25, 0.3) is 0 Å². The van der Waals surface area contributed by atoms with Crippen LogP contribution in [0, 0.1) is 11.8 Å². The van der Waals surface area contributed by atoms with Crippen molar-refractivity contribution in [1.82, 2.24) is 4.90 Å². The van der Waals surface area contributed by atoms with Crippen LogP contribution in [0.2, 0.25) is 0 Å². The van der Waals surface area contributed by atoms with Crippen molar-refractivity contribution in [2.45, 2.75) is 46.0 Å². The van der Waals surface area contributed by atoms with E-state index in [0.717, 1.165) is 11.8 Å². The molecule has 1 nitrogen and oxygen atoms in total. The lowest BCUT2D eigenvalue weighted by Gasteiger charge is -2.33. The Morgan fingerprint density at radius 3 is 2.31 bits per heavy atom. The fraction of sp³-hybridized carbons (Fsp3) is 1.00. The van der Waals surface area contributed by atoms with E-state index in [1.54, 1.807) is 0 Å². The molecule has 1 aliphatic rings. The summed E-state index contributed by atoms with van der Waals surface area (Å²) in [5.74, 6) is 2.01. The average Bonchev–Trinajstić information content (AvgIpc) is 2.18. The molecule has 0 amide bonds. The van der Waals surface area contributed by atoms with Crippen molar-refractivity contribution in [3.8, 4) is 0 Å². The molecule has 13 heavy (non-hydrogen) atoms. The summed E-state index contributed by atoms with van der Waals surface area (Å²) in [6, 6.07) is 0. The normalized spacial score (nSPS) is 29.5. The lowest BCUT2D eigenvalue weighted by molar-refractivity contribution is 0.170. The summed E-state index contributed by atoms with van der Waals surface area (Å²) in [5, 5.41) is 0. The monoisotopic (exact) mass is 185 g/mol. The fourth-order valence-corrected chi connectivity index (χ4v) is 2.59. The van der Waals surface area contributed by atoms with Crippen molar-refractivity contribution in [3.63, 3.8) is 0 Å². The highest BCUT2D eigenvalue weighted by atomic mass is 15.1. The third-order valence-corrected chi connectivity index (χ3v) is 3.68. The van der Waals surface area contributed by atoms with E-state index in [2.05, 4.69) is 25.8 Å². The molecule has 0 bridgehead atoms. The molecule has 2 atom stereocenters. The van der Waals surface area contributed by atoms with Crippen molar-refractivity contribution >= 4 is 0 Å². The van der Waals surface area contributed by atoms with Crippen LogP contribution in [0.5, 0.6) is 0 Å². The van der Waals surface area contributed by atoms with Gasteiger partial charge in [-0.2, -0.15) is 0 Å². The molecule has 1 rings (SSSR count). The van der Waals surface area contributed by atoms with E-state index in [0.29, 0.717) is 0 Å². The van der Waals surface area contributed by atoms with Gasteiger partial charge in [0.15, 0.2) is 0 Å². The SMILES string of the molecule is CCC1CCCCC1CN(C)CC.[HH]. The minimum Gasteiger partial charge on any atom is -0.306 e. The van der Waals surface area contributed by atoms with Crippen LogP contribution in [0.15, 0.2) is 0 Å². The minimum absolute atomic E-state index is 0. The van der Waals surface area contributed by atoms with E-state index in [4.69, 9.17) is 0 Å². The molecule has 0 saturated heterocycles. The summed E-state index contributed by atoms with van der Waals surface area (Å²) in [6.07, 6.45) is 7.30. The number of hydrogen-bond donors (Lipinski definition) is 0. The average molecular weight is 185 g/mol. The Hall–Kier alpha value is -0.0400. The second-order valence-electron chi connectivity index (χ2n) is 4.57. The molecule has 0 aromatic heterocycles. The molecular weight excluding hydrogens is 158 g/mol. The van der Waals surface area contributed by atoms with Crippen molar-refractivity contribution in [2.75, 3.05) is 20.1 Å². The molecule has 0 heterocycles. The quantitative estimate of drug-likeness (QED) is 0.649. The summed E-state index contributed by atoms with van der Waals surface area (Å²) in [5.41, 5.74) is 0. The molecule has 0 aromatic rings. The Kier molecular flexibility index (Phi) is 4.79. The largest absolute Gasteiger partial charge is 0.306 e. The Morgan fingerprint density at radius 2 is 1.77 bits per heavy atom. The highest BCUT2D eigenvalue weighted by Crippen LogP contribution is 2.32. The van der Waals surface area contributed by atoms with Crippen molar-refractivity contribution < 1.29 is 1.43 Å². The smallest absolute Gasteiger partial charge is 0.000914 e. The third-order valence-electron chi connectivity index (χ3n) is 3.68. The molecule has 1 heteroatoms. The van der Waals surface area contributed by atoms with Crippen LogP contribution >= 0.6 is 0 Å². The Morgan fingerprint density at radius 1 is 1.15 bits per heavy atom. The van der Waals surface area contributed by atoms with Gasteiger partial charge in [-0.25, -0.2) is 0 Å². The molecule has 0 aliphatic heterocycles. The van der Waals surface area contributed by atoms with Gasteiger partial charge in [0.05, 0.1) is 0 Å². The zero-order valence-corrected chi connectivity index (χ0v) is 9.55. The zero-order chi connectivity index (χ0) is 9.68. The van der Waals surface area contributed by atoms with Gasteiger partial charge in [-0.05, 0) is 31.8 Å². The highest BCUT2D eigenvalue weighted by Gasteiger charge is 2.23. The van der Waals surface area contributed by atoms with Gasteiger partial charge in [-0.3, -0.25) is 0 Å². The first kappa shape index (κ1) is 11.0. The predicted octanol–water partition coefficient (Wildman–Crippen LogP) is 3.40. The van der Waals surface area contributed by atoms with E-state index in [1.165, 1.54) is 45.2 Å². The summed E-state index contributed by atoms with van der Waals surface area (Å²) in [7, 11) is 2.25. The standard InChI is InChI=1S/C12H25N.H2/c1-4-11-8-6-7-9-12(11)10-13(3)5-2;/h11-12H,4-10H2,1-3H3;1H. The summed E-state index contributed by atoms with van der Waals surface area (Å²) in [4.78, 5) is 2.47. The van der Waals surface area contributed by atoms with E-state index < -0.39 is 0 Å². The fourth-order valence-electron chi connectivity index (χ4n) is 2.59. The van der Waals surface area contributed by atoms with Gasteiger partial charge >= 0.3 is 0 Å². The molecule has 0 aromatic carbocycles. The van der Waals surface area contributed by atoms with Crippen LogP contribution in [0.3, 0.4) is 0 Å². The van der Waals surface area contributed by atoms with Gasteiger partial charge in [-0.1, -0.05) is 39.5 Å². The summed E-state index contributed by atoms with van der Waals surface area (Å²) in [6.45, 7) is 7.14. The van der Waals surface area contributed by atoms with Gasteiger partial charge in [0.25, 0.3) is 0 Å². The van der Waals surface area contributed by atoms with Crippen LogP contribution in [0.1, 0.15) is 47.4 Å². The molecule has 0 radical (unpaired) electrons. The number of nitrogens with zero attached hydrogens (tertiary/aromatic N) is 1. The van der Waals surface area contributed by atoms with E-state index in [-0.39, 0.29) is 1.43 Å². The summed E-state index contributed by atoms with van der Waals surface area (Å²) < 4.78 is 0. The summed E-state index contributed by atoms with van der Waals surface area (Å²) >= 11 is 0. The van der Waals surface area contributed by atoms with Gasteiger partial charge in [0.1, 0.15) is 0 Å². The second kappa shape index (κ2) is 5.64. The highest BCUT2D eigenvalue weighted by molar-refractivity contribution is 4.76. The van der Waals surface area contributed by atoms with Crippen LogP contribution in [-0.2, 0) is 0 Å². The lowest BCUT2D eigenvalue weighted by atomic mass is 9.77. The minimum atomic E-state index is 0. The van der Waals surface area contributed by atoms with Crippen molar-refractivity contribution in [3.05, 3.63) is 0 Å². The van der Waals surface area contributed by atoms with Gasteiger partial charge < -0.3 is 4.90 Å². The predicted molar refractivity (Wildman–Crippen MR) is 61.0 cm³/mol. The number of hydrogen-bond acceptors (Lipinski definition) is 1. The zero-order valence-electron chi connectivity index (χ0n) is 9.55. The maximum Gasteiger partial charge on any atom is 0.000914 e. The Balaban J connectivity index is 0.00000169. The molecule has 1 saturated carbocycles. The maximum absolute atomic E-state index is 2.47. The van der Waals surface area contributed by atoms with Gasteiger partial charge in [0.2, 0.25) is 0 Å². The van der Waals surface area contributed by atoms with E-state index in [9.17, 15) is 0 Å².